The van der Waals surface area contributed by atoms with E-state index in [1.54, 1.807) is 18.2 Å². The largest absolute Gasteiger partial charge is 0.325 e. The first kappa shape index (κ1) is 21.1. The molecule has 0 unspecified atom stereocenters. The van der Waals surface area contributed by atoms with Gasteiger partial charge < -0.3 is 5.32 Å². The van der Waals surface area contributed by atoms with E-state index in [9.17, 15) is 23.3 Å². The van der Waals surface area contributed by atoms with E-state index in [2.05, 4.69) is 10.0 Å². The lowest BCUT2D eigenvalue weighted by Crippen LogP contribution is -2.28. The van der Waals surface area contributed by atoms with Gasteiger partial charge in [0.25, 0.3) is 5.69 Å². The van der Waals surface area contributed by atoms with Gasteiger partial charge in [-0.05, 0) is 36.8 Å². The molecule has 0 aliphatic carbocycles. The van der Waals surface area contributed by atoms with Gasteiger partial charge in [-0.1, -0.05) is 29.3 Å². The van der Waals surface area contributed by atoms with Crippen LogP contribution in [0.3, 0.4) is 0 Å². The molecule has 0 radical (unpaired) electrons. The molecule has 0 aliphatic heterocycles. The number of benzene rings is 2. The Morgan fingerprint density at radius 3 is 2.52 bits per heavy atom. The Morgan fingerprint density at radius 2 is 1.89 bits per heavy atom. The fourth-order valence-corrected chi connectivity index (χ4v) is 3.80. The van der Waals surface area contributed by atoms with Gasteiger partial charge in [0.15, 0.2) is 4.90 Å². The maximum Gasteiger partial charge on any atom is 0.290 e. The third-order valence-electron chi connectivity index (χ3n) is 3.45. The summed E-state index contributed by atoms with van der Waals surface area (Å²) in [5.41, 5.74) is 0.685. The molecule has 2 N–H and O–H groups in total. The number of nitro groups is 1. The van der Waals surface area contributed by atoms with Crippen LogP contribution in [0, 0.1) is 17.0 Å². The molecule has 0 aromatic heterocycles. The molecule has 0 atom stereocenters. The molecule has 144 valence electrons. The summed E-state index contributed by atoms with van der Waals surface area (Å²) in [6.45, 7) is 1.60. The van der Waals surface area contributed by atoms with Gasteiger partial charge in [0.2, 0.25) is 15.9 Å². The SMILES string of the molecule is Cc1ccc(NC(=O)CCNS(=O)(=O)c2ccc(Cl)cc2[N+](=O)[O-])c(Cl)c1. The van der Waals surface area contributed by atoms with Crippen molar-refractivity contribution in [2.24, 2.45) is 0 Å². The molecule has 27 heavy (non-hydrogen) atoms. The molecule has 2 aromatic rings. The van der Waals surface area contributed by atoms with E-state index < -0.39 is 31.4 Å². The Kier molecular flexibility index (Phi) is 6.77. The van der Waals surface area contributed by atoms with Crippen LogP contribution in [-0.2, 0) is 14.8 Å². The number of nitrogens with zero attached hydrogens (tertiary/aromatic N) is 1. The standard InChI is InChI=1S/C16H15Cl2N3O5S/c1-10-2-4-13(12(18)8-10)20-16(22)6-7-19-27(25,26)15-5-3-11(17)9-14(15)21(23)24/h2-5,8-9,19H,6-7H2,1H3,(H,20,22). The molecular weight excluding hydrogens is 417 g/mol. The van der Waals surface area contributed by atoms with Crippen LogP contribution >= 0.6 is 23.2 Å². The summed E-state index contributed by atoms with van der Waals surface area (Å²) < 4.78 is 26.7. The van der Waals surface area contributed by atoms with Gasteiger partial charge in [0, 0.05) is 24.1 Å². The minimum absolute atomic E-state index is 0.0370. The van der Waals surface area contributed by atoms with Crippen molar-refractivity contribution in [1.29, 1.82) is 0 Å². The molecule has 0 fully saturated rings. The fourth-order valence-electron chi connectivity index (χ4n) is 2.17. The predicted octanol–water partition coefficient (Wildman–Crippen LogP) is 3.52. The number of nitrogens with one attached hydrogen (secondary N) is 2. The fraction of sp³-hybridized carbons (Fsp3) is 0.188. The van der Waals surface area contributed by atoms with Crippen molar-refractivity contribution in [3.63, 3.8) is 0 Å². The van der Waals surface area contributed by atoms with Crippen LogP contribution in [0.15, 0.2) is 41.3 Å². The number of rotatable bonds is 7. The quantitative estimate of drug-likeness (QED) is 0.513. The monoisotopic (exact) mass is 431 g/mol. The summed E-state index contributed by atoms with van der Waals surface area (Å²) in [6.07, 6.45) is -0.190. The molecule has 0 heterocycles. The van der Waals surface area contributed by atoms with Gasteiger partial charge in [-0.3, -0.25) is 14.9 Å². The Bertz CT molecular complexity index is 996. The van der Waals surface area contributed by atoms with Crippen LogP contribution in [0.4, 0.5) is 11.4 Å². The third-order valence-corrected chi connectivity index (χ3v) is 5.51. The van der Waals surface area contributed by atoms with E-state index >= 15 is 0 Å². The van der Waals surface area contributed by atoms with Crippen LogP contribution in [0.5, 0.6) is 0 Å². The maximum atomic E-state index is 12.3. The predicted molar refractivity (Wildman–Crippen MR) is 103 cm³/mol. The first-order valence-electron chi connectivity index (χ1n) is 7.60. The molecule has 0 saturated heterocycles. The first-order chi connectivity index (χ1) is 12.6. The molecule has 11 heteroatoms. The van der Waals surface area contributed by atoms with Gasteiger partial charge in [-0.25, -0.2) is 13.1 Å². The number of amides is 1. The summed E-state index contributed by atoms with van der Waals surface area (Å²) in [5.74, 6) is -0.464. The van der Waals surface area contributed by atoms with E-state index in [-0.39, 0.29) is 18.0 Å². The second kappa shape index (κ2) is 8.66. The third kappa shape index (κ3) is 5.64. The highest BCUT2D eigenvalue weighted by Gasteiger charge is 2.25. The summed E-state index contributed by atoms with van der Waals surface area (Å²) in [5, 5.41) is 14.0. The highest BCUT2D eigenvalue weighted by molar-refractivity contribution is 7.89. The van der Waals surface area contributed by atoms with Crippen molar-refractivity contribution in [1.82, 2.24) is 4.72 Å². The van der Waals surface area contributed by atoms with Gasteiger partial charge in [0.05, 0.1) is 15.6 Å². The Labute approximate surface area is 165 Å². The van der Waals surface area contributed by atoms with Gasteiger partial charge >= 0.3 is 0 Å². The zero-order chi connectivity index (χ0) is 20.2. The number of carbonyl (C=O) groups excluding carboxylic acids is 1. The van der Waals surface area contributed by atoms with Crippen molar-refractivity contribution in [2.75, 3.05) is 11.9 Å². The summed E-state index contributed by atoms with van der Waals surface area (Å²) >= 11 is 11.7. The molecule has 0 spiro atoms. The first-order valence-corrected chi connectivity index (χ1v) is 9.83. The van der Waals surface area contributed by atoms with Crippen molar-refractivity contribution >= 4 is 50.5 Å². The lowest BCUT2D eigenvalue weighted by Gasteiger charge is -2.09. The molecule has 1 amide bonds. The second-order valence-electron chi connectivity index (χ2n) is 5.55. The maximum absolute atomic E-state index is 12.3. The zero-order valence-corrected chi connectivity index (χ0v) is 16.4. The molecule has 2 rings (SSSR count). The Hall–Kier alpha value is -2.20. The molecule has 0 aliphatic rings. The average Bonchev–Trinajstić information content (AvgIpc) is 2.57. The number of carbonyl (C=O) groups is 1. The van der Waals surface area contributed by atoms with Crippen LogP contribution in [0.1, 0.15) is 12.0 Å². The lowest BCUT2D eigenvalue weighted by atomic mass is 10.2. The van der Waals surface area contributed by atoms with E-state index in [0.717, 1.165) is 17.7 Å². The zero-order valence-electron chi connectivity index (χ0n) is 14.0. The summed E-state index contributed by atoms with van der Waals surface area (Å²) in [6, 6.07) is 8.30. The highest BCUT2D eigenvalue weighted by Crippen LogP contribution is 2.27. The average molecular weight is 432 g/mol. The van der Waals surface area contributed by atoms with Crippen molar-refractivity contribution in [2.45, 2.75) is 18.2 Å². The molecule has 8 nitrogen and oxygen atoms in total. The number of nitro benzene ring substituents is 1. The highest BCUT2D eigenvalue weighted by atomic mass is 35.5. The molecule has 2 aromatic carbocycles. The van der Waals surface area contributed by atoms with Crippen molar-refractivity contribution < 1.29 is 18.1 Å². The van der Waals surface area contributed by atoms with Gasteiger partial charge in [-0.2, -0.15) is 0 Å². The van der Waals surface area contributed by atoms with Crippen LogP contribution in [0.25, 0.3) is 0 Å². The molecular formula is C16H15Cl2N3O5S. The number of sulfonamides is 1. The topological polar surface area (TPSA) is 118 Å². The van der Waals surface area contributed by atoms with Crippen LogP contribution in [-0.4, -0.2) is 25.8 Å². The van der Waals surface area contributed by atoms with E-state index in [0.29, 0.717) is 10.7 Å². The van der Waals surface area contributed by atoms with E-state index in [1.165, 1.54) is 6.07 Å². The summed E-state index contributed by atoms with van der Waals surface area (Å²) in [4.78, 5) is 21.6. The number of halogens is 2. The summed E-state index contributed by atoms with van der Waals surface area (Å²) in [7, 11) is -4.19. The second-order valence-corrected chi connectivity index (χ2v) is 8.13. The number of hydrogen-bond donors (Lipinski definition) is 2. The normalized spacial score (nSPS) is 11.2. The van der Waals surface area contributed by atoms with Crippen molar-refractivity contribution in [3.8, 4) is 0 Å². The van der Waals surface area contributed by atoms with E-state index in [4.69, 9.17) is 23.2 Å². The number of hydrogen-bond acceptors (Lipinski definition) is 5. The Balaban J connectivity index is 2.02. The lowest BCUT2D eigenvalue weighted by molar-refractivity contribution is -0.387. The van der Waals surface area contributed by atoms with E-state index in [1.807, 2.05) is 6.92 Å². The van der Waals surface area contributed by atoms with Crippen LogP contribution < -0.4 is 10.0 Å². The minimum atomic E-state index is -4.19. The number of anilines is 1. The molecule has 0 bridgehead atoms. The minimum Gasteiger partial charge on any atom is -0.325 e. The molecule has 0 saturated carbocycles. The van der Waals surface area contributed by atoms with Crippen LogP contribution in [0.2, 0.25) is 10.0 Å². The van der Waals surface area contributed by atoms with Gasteiger partial charge in [-0.15, -0.1) is 0 Å². The van der Waals surface area contributed by atoms with Gasteiger partial charge in [0.1, 0.15) is 0 Å². The smallest absolute Gasteiger partial charge is 0.290 e. The van der Waals surface area contributed by atoms with Crippen molar-refractivity contribution in [3.05, 3.63) is 62.1 Å². The number of aryl methyl sites for hydroxylation is 1. The Morgan fingerprint density at radius 1 is 1.19 bits per heavy atom.